The standard InChI is InChI=1S/C22H19F4N5O2S/c23-15-6-2-4-8-17(15)27-18(32)20-30-29-19(34-20)13-9-11-31(12-10-13)21(33)28-16-7-3-1-5-14(16)22(24,25)26/h1-8,13H,9-12H2,(H,27,32)(H,28,33). The van der Waals surface area contributed by atoms with Gasteiger partial charge in [0.1, 0.15) is 10.8 Å². The molecule has 178 valence electrons. The first-order valence-corrected chi connectivity index (χ1v) is 11.2. The Kier molecular flexibility index (Phi) is 6.77. The largest absolute Gasteiger partial charge is 0.418 e. The van der Waals surface area contributed by atoms with Crippen LogP contribution in [0.25, 0.3) is 0 Å². The van der Waals surface area contributed by atoms with Crippen LogP contribution >= 0.6 is 11.3 Å². The summed E-state index contributed by atoms with van der Waals surface area (Å²) in [6, 6.07) is 9.96. The van der Waals surface area contributed by atoms with Crippen molar-refractivity contribution in [3.05, 3.63) is 69.9 Å². The molecule has 0 saturated carbocycles. The van der Waals surface area contributed by atoms with Crippen molar-refractivity contribution in [2.24, 2.45) is 0 Å². The van der Waals surface area contributed by atoms with Crippen molar-refractivity contribution in [1.82, 2.24) is 15.1 Å². The number of hydrogen-bond donors (Lipinski definition) is 2. The first kappa shape index (κ1) is 23.6. The quantitative estimate of drug-likeness (QED) is 0.479. The Labute approximate surface area is 195 Å². The Morgan fingerprint density at radius 3 is 2.26 bits per heavy atom. The summed E-state index contributed by atoms with van der Waals surface area (Å²) in [5.41, 5.74) is -1.17. The third kappa shape index (κ3) is 5.33. The van der Waals surface area contributed by atoms with Gasteiger partial charge >= 0.3 is 12.2 Å². The number of rotatable bonds is 4. The van der Waals surface area contributed by atoms with Gasteiger partial charge in [0.05, 0.1) is 16.9 Å². The van der Waals surface area contributed by atoms with Crippen molar-refractivity contribution in [2.75, 3.05) is 23.7 Å². The highest BCUT2D eigenvalue weighted by atomic mass is 32.1. The maximum absolute atomic E-state index is 13.7. The number of nitrogens with one attached hydrogen (secondary N) is 2. The lowest BCUT2D eigenvalue weighted by atomic mass is 9.98. The molecule has 0 unspecified atom stereocenters. The molecular weight excluding hydrogens is 474 g/mol. The minimum Gasteiger partial charge on any atom is -0.324 e. The van der Waals surface area contributed by atoms with E-state index in [2.05, 4.69) is 20.8 Å². The summed E-state index contributed by atoms with van der Waals surface area (Å²) in [5, 5.41) is 13.5. The third-order valence-electron chi connectivity index (χ3n) is 5.36. The van der Waals surface area contributed by atoms with Gasteiger partial charge in [0.15, 0.2) is 0 Å². The van der Waals surface area contributed by atoms with Crippen molar-refractivity contribution in [3.8, 4) is 0 Å². The molecule has 2 heterocycles. The van der Waals surface area contributed by atoms with Crippen LogP contribution in [0.4, 0.5) is 33.7 Å². The molecule has 4 rings (SSSR count). The first-order valence-electron chi connectivity index (χ1n) is 10.3. The lowest BCUT2D eigenvalue weighted by molar-refractivity contribution is -0.136. The second-order valence-corrected chi connectivity index (χ2v) is 8.62. The fraction of sp³-hybridized carbons (Fsp3) is 0.273. The van der Waals surface area contributed by atoms with E-state index in [0.717, 1.165) is 17.4 Å². The zero-order valence-corrected chi connectivity index (χ0v) is 18.4. The summed E-state index contributed by atoms with van der Waals surface area (Å²) in [6.07, 6.45) is -3.55. The minimum atomic E-state index is -4.58. The van der Waals surface area contributed by atoms with E-state index in [4.69, 9.17) is 0 Å². The van der Waals surface area contributed by atoms with Gasteiger partial charge in [0, 0.05) is 19.0 Å². The molecule has 7 nitrogen and oxygen atoms in total. The lowest BCUT2D eigenvalue weighted by Gasteiger charge is -2.31. The molecule has 0 bridgehead atoms. The number of benzene rings is 2. The average Bonchev–Trinajstić information content (AvgIpc) is 3.31. The van der Waals surface area contributed by atoms with Gasteiger partial charge < -0.3 is 15.5 Å². The van der Waals surface area contributed by atoms with Crippen molar-refractivity contribution in [1.29, 1.82) is 0 Å². The smallest absolute Gasteiger partial charge is 0.324 e. The van der Waals surface area contributed by atoms with E-state index in [1.807, 2.05) is 0 Å². The normalized spacial score (nSPS) is 14.6. The van der Waals surface area contributed by atoms with Crippen LogP contribution in [0, 0.1) is 5.82 Å². The van der Waals surface area contributed by atoms with Gasteiger partial charge in [-0.05, 0) is 37.1 Å². The molecule has 0 aliphatic carbocycles. The van der Waals surface area contributed by atoms with Gasteiger partial charge in [-0.2, -0.15) is 13.2 Å². The second kappa shape index (κ2) is 9.75. The molecule has 1 aliphatic heterocycles. The molecular formula is C22H19F4N5O2S. The molecule has 1 aliphatic rings. The zero-order valence-electron chi connectivity index (χ0n) is 17.6. The predicted octanol–water partition coefficient (Wildman–Crippen LogP) is 5.36. The highest BCUT2D eigenvalue weighted by Gasteiger charge is 2.34. The summed E-state index contributed by atoms with van der Waals surface area (Å²) in [6.45, 7) is 0.613. The van der Waals surface area contributed by atoms with Crippen molar-refractivity contribution in [2.45, 2.75) is 24.9 Å². The maximum atomic E-state index is 13.7. The van der Waals surface area contributed by atoms with Crippen molar-refractivity contribution < 1.29 is 27.2 Å². The maximum Gasteiger partial charge on any atom is 0.418 e. The number of anilines is 2. The number of carbonyl (C=O) groups excluding carboxylic acids is 2. The molecule has 34 heavy (non-hydrogen) atoms. The summed E-state index contributed by atoms with van der Waals surface area (Å²) in [4.78, 5) is 26.3. The van der Waals surface area contributed by atoms with Crippen molar-refractivity contribution >= 4 is 34.6 Å². The van der Waals surface area contributed by atoms with Crippen LogP contribution in [-0.2, 0) is 6.18 Å². The van der Waals surface area contributed by atoms with E-state index in [9.17, 15) is 27.2 Å². The van der Waals surface area contributed by atoms with E-state index in [1.165, 1.54) is 41.3 Å². The molecule has 3 amide bonds. The number of amides is 3. The van der Waals surface area contributed by atoms with Gasteiger partial charge in [-0.1, -0.05) is 35.6 Å². The van der Waals surface area contributed by atoms with Gasteiger partial charge in [-0.25, -0.2) is 9.18 Å². The number of urea groups is 1. The Morgan fingerprint density at radius 2 is 1.59 bits per heavy atom. The van der Waals surface area contributed by atoms with Crippen LogP contribution in [0.1, 0.15) is 39.1 Å². The molecule has 0 spiro atoms. The predicted molar refractivity (Wildman–Crippen MR) is 118 cm³/mol. The van der Waals surface area contributed by atoms with Crippen LogP contribution in [0.5, 0.6) is 0 Å². The summed E-state index contributed by atoms with van der Waals surface area (Å²) < 4.78 is 53.2. The fourth-order valence-electron chi connectivity index (χ4n) is 3.59. The van der Waals surface area contributed by atoms with E-state index in [1.54, 1.807) is 6.07 Å². The monoisotopic (exact) mass is 493 g/mol. The van der Waals surface area contributed by atoms with Gasteiger partial charge in [0.2, 0.25) is 5.01 Å². The fourth-order valence-corrected chi connectivity index (χ4v) is 4.50. The van der Waals surface area contributed by atoms with E-state index in [-0.39, 0.29) is 22.3 Å². The molecule has 1 fully saturated rings. The van der Waals surface area contributed by atoms with Gasteiger partial charge in [0.25, 0.3) is 5.91 Å². The van der Waals surface area contributed by atoms with Gasteiger partial charge in [-0.15, -0.1) is 10.2 Å². The van der Waals surface area contributed by atoms with Crippen LogP contribution in [-0.4, -0.2) is 40.1 Å². The molecule has 12 heteroatoms. The number of halogens is 4. The van der Waals surface area contributed by atoms with Crippen molar-refractivity contribution in [3.63, 3.8) is 0 Å². The molecule has 1 saturated heterocycles. The van der Waals surface area contributed by atoms with E-state index >= 15 is 0 Å². The second-order valence-electron chi connectivity index (χ2n) is 7.61. The topological polar surface area (TPSA) is 87.2 Å². The van der Waals surface area contributed by atoms with E-state index < -0.39 is 29.5 Å². The Bertz CT molecular complexity index is 1190. The third-order valence-corrected chi connectivity index (χ3v) is 6.45. The first-order chi connectivity index (χ1) is 16.2. The number of para-hydroxylation sites is 2. The highest BCUT2D eigenvalue weighted by Crippen LogP contribution is 2.35. The van der Waals surface area contributed by atoms with Crippen LogP contribution in [0.15, 0.2) is 48.5 Å². The number of carbonyl (C=O) groups is 2. The Balaban J connectivity index is 1.34. The molecule has 2 N–H and O–H groups in total. The van der Waals surface area contributed by atoms with Crippen LogP contribution < -0.4 is 10.6 Å². The number of piperidine rings is 1. The number of aromatic nitrogens is 2. The average molecular weight is 493 g/mol. The molecule has 3 aromatic rings. The molecule has 0 atom stereocenters. The zero-order chi connectivity index (χ0) is 24.3. The Hall–Kier alpha value is -3.54. The van der Waals surface area contributed by atoms with Gasteiger partial charge in [-0.3, -0.25) is 4.79 Å². The number of likely N-dealkylation sites (tertiary alicyclic amines) is 1. The molecule has 1 aromatic heterocycles. The highest BCUT2D eigenvalue weighted by molar-refractivity contribution is 7.13. The van der Waals surface area contributed by atoms with Crippen LogP contribution in [0.2, 0.25) is 0 Å². The minimum absolute atomic E-state index is 0.0377. The number of nitrogens with zero attached hydrogens (tertiary/aromatic N) is 3. The number of alkyl halides is 3. The SMILES string of the molecule is O=C(Nc1ccccc1F)c1nnc(C2CCN(C(=O)Nc3ccccc3C(F)(F)F)CC2)s1. The van der Waals surface area contributed by atoms with E-state index in [0.29, 0.717) is 30.9 Å². The lowest BCUT2D eigenvalue weighted by Crippen LogP contribution is -2.40. The Morgan fingerprint density at radius 1 is 0.941 bits per heavy atom. The summed E-state index contributed by atoms with van der Waals surface area (Å²) >= 11 is 1.09. The summed E-state index contributed by atoms with van der Waals surface area (Å²) in [7, 11) is 0. The summed E-state index contributed by atoms with van der Waals surface area (Å²) in [5.74, 6) is -1.20. The molecule has 2 aromatic carbocycles. The molecule has 0 radical (unpaired) electrons. The number of hydrogen-bond acceptors (Lipinski definition) is 5. The van der Waals surface area contributed by atoms with Crippen LogP contribution in [0.3, 0.4) is 0 Å².